The molecule has 96 valence electrons. The van der Waals surface area contributed by atoms with E-state index in [1.807, 2.05) is 24.3 Å². The first-order chi connectivity index (χ1) is 8.61. The molecule has 5 heteroatoms. The molecule has 2 rings (SSSR count). The molecule has 2 N–H and O–H groups in total. The van der Waals surface area contributed by atoms with Gasteiger partial charge in [-0.2, -0.15) is 0 Å². The molecular formula is C13H17ClN4. The van der Waals surface area contributed by atoms with E-state index in [9.17, 15) is 0 Å². The Hall–Kier alpha value is -1.39. The van der Waals surface area contributed by atoms with Gasteiger partial charge in [0.15, 0.2) is 5.82 Å². The minimum Gasteiger partial charge on any atom is -0.324 e. The summed E-state index contributed by atoms with van der Waals surface area (Å²) in [5.74, 6) is 2.17. The van der Waals surface area contributed by atoms with Crippen LogP contribution in [0.3, 0.4) is 0 Å². The summed E-state index contributed by atoms with van der Waals surface area (Å²) in [7, 11) is 0. The molecule has 1 heterocycles. The molecule has 0 unspecified atom stereocenters. The molecule has 0 aliphatic carbocycles. The number of benzene rings is 1. The van der Waals surface area contributed by atoms with E-state index in [0.29, 0.717) is 17.5 Å². The summed E-state index contributed by atoms with van der Waals surface area (Å²) in [6.45, 7) is 5.57. The largest absolute Gasteiger partial charge is 0.324 e. The van der Waals surface area contributed by atoms with Gasteiger partial charge in [0, 0.05) is 17.1 Å². The first-order valence-corrected chi connectivity index (χ1v) is 6.37. The van der Waals surface area contributed by atoms with Gasteiger partial charge in [-0.1, -0.05) is 25.4 Å². The summed E-state index contributed by atoms with van der Waals surface area (Å²) >= 11 is 5.89. The van der Waals surface area contributed by atoms with Crippen LogP contribution < -0.4 is 5.73 Å². The second-order valence-electron chi connectivity index (χ2n) is 4.66. The van der Waals surface area contributed by atoms with E-state index in [1.54, 1.807) is 0 Å². The number of halogens is 1. The van der Waals surface area contributed by atoms with Crippen molar-refractivity contribution in [2.24, 2.45) is 11.7 Å². The lowest BCUT2D eigenvalue weighted by atomic mass is 10.2. The maximum Gasteiger partial charge on any atom is 0.164 e. The summed E-state index contributed by atoms with van der Waals surface area (Å²) in [6.07, 6.45) is 0. The van der Waals surface area contributed by atoms with Crippen LogP contribution in [-0.2, 0) is 13.1 Å². The Morgan fingerprint density at radius 2 is 1.89 bits per heavy atom. The zero-order valence-electron chi connectivity index (χ0n) is 10.6. The minimum absolute atomic E-state index is 0.396. The molecule has 0 aliphatic rings. The van der Waals surface area contributed by atoms with E-state index < -0.39 is 0 Å². The van der Waals surface area contributed by atoms with Crippen molar-refractivity contribution in [1.82, 2.24) is 14.8 Å². The van der Waals surface area contributed by atoms with Gasteiger partial charge in [-0.3, -0.25) is 0 Å². The number of nitrogens with zero attached hydrogens (tertiary/aromatic N) is 3. The highest BCUT2D eigenvalue weighted by molar-refractivity contribution is 6.30. The van der Waals surface area contributed by atoms with Crippen LogP contribution in [0.1, 0.15) is 19.7 Å². The normalized spacial score (nSPS) is 11.2. The van der Waals surface area contributed by atoms with Gasteiger partial charge < -0.3 is 10.3 Å². The van der Waals surface area contributed by atoms with Gasteiger partial charge in [0.1, 0.15) is 5.82 Å². The Morgan fingerprint density at radius 3 is 2.44 bits per heavy atom. The van der Waals surface area contributed by atoms with E-state index in [4.69, 9.17) is 17.3 Å². The second kappa shape index (κ2) is 5.50. The number of hydrogen-bond acceptors (Lipinski definition) is 3. The molecule has 18 heavy (non-hydrogen) atoms. The van der Waals surface area contributed by atoms with E-state index >= 15 is 0 Å². The van der Waals surface area contributed by atoms with E-state index in [0.717, 1.165) is 23.8 Å². The summed E-state index contributed by atoms with van der Waals surface area (Å²) < 4.78 is 2.08. The Balaban J connectivity index is 2.43. The van der Waals surface area contributed by atoms with E-state index in [2.05, 4.69) is 28.6 Å². The zero-order chi connectivity index (χ0) is 13.1. The van der Waals surface area contributed by atoms with Crippen LogP contribution in [0.25, 0.3) is 11.4 Å². The quantitative estimate of drug-likeness (QED) is 0.924. The Morgan fingerprint density at radius 1 is 1.22 bits per heavy atom. The third kappa shape index (κ3) is 2.71. The summed E-state index contributed by atoms with van der Waals surface area (Å²) in [5.41, 5.74) is 6.70. The molecule has 0 aliphatic heterocycles. The number of hydrogen-bond donors (Lipinski definition) is 1. The van der Waals surface area contributed by atoms with Gasteiger partial charge in [-0.15, -0.1) is 10.2 Å². The van der Waals surface area contributed by atoms with Crippen molar-refractivity contribution in [3.63, 3.8) is 0 Å². The molecule has 2 aromatic rings. The van der Waals surface area contributed by atoms with Gasteiger partial charge in [0.05, 0.1) is 6.54 Å². The smallest absolute Gasteiger partial charge is 0.164 e. The average Bonchev–Trinajstić information content (AvgIpc) is 2.72. The van der Waals surface area contributed by atoms with Crippen molar-refractivity contribution < 1.29 is 0 Å². The lowest BCUT2D eigenvalue weighted by Gasteiger charge is -2.12. The first-order valence-electron chi connectivity index (χ1n) is 6.00. The van der Waals surface area contributed by atoms with Crippen molar-refractivity contribution in [2.45, 2.75) is 26.9 Å². The van der Waals surface area contributed by atoms with Crippen molar-refractivity contribution in [3.8, 4) is 11.4 Å². The topological polar surface area (TPSA) is 56.7 Å². The van der Waals surface area contributed by atoms with Gasteiger partial charge in [0.2, 0.25) is 0 Å². The Kier molecular flexibility index (Phi) is 3.99. The molecule has 0 saturated heterocycles. The van der Waals surface area contributed by atoms with Crippen LogP contribution in [0, 0.1) is 5.92 Å². The van der Waals surface area contributed by atoms with Crippen LogP contribution >= 0.6 is 11.6 Å². The van der Waals surface area contributed by atoms with Gasteiger partial charge in [0.25, 0.3) is 0 Å². The fraction of sp³-hybridized carbons (Fsp3) is 0.385. The predicted molar refractivity (Wildman–Crippen MR) is 73.2 cm³/mol. The first kappa shape index (κ1) is 13.1. The Labute approximate surface area is 112 Å². The molecule has 0 spiro atoms. The SMILES string of the molecule is CC(C)Cn1c(CN)nnc1-c1ccc(Cl)cc1. The van der Waals surface area contributed by atoms with Crippen LogP contribution in [0.2, 0.25) is 5.02 Å². The molecule has 0 radical (unpaired) electrons. The molecule has 0 saturated carbocycles. The Bertz CT molecular complexity index is 516. The lowest BCUT2D eigenvalue weighted by molar-refractivity contribution is 0.510. The summed E-state index contributed by atoms with van der Waals surface area (Å²) in [4.78, 5) is 0. The zero-order valence-corrected chi connectivity index (χ0v) is 11.4. The summed E-state index contributed by atoms with van der Waals surface area (Å²) in [5, 5.41) is 9.09. The maximum atomic E-state index is 5.89. The van der Waals surface area contributed by atoms with Gasteiger partial charge in [-0.25, -0.2) is 0 Å². The predicted octanol–water partition coefficient (Wildman–Crippen LogP) is 2.71. The summed E-state index contributed by atoms with van der Waals surface area (Å²) in [6, 6.07) is 7.60. The molecule has 1 aromatic heterocycles. The van der Waals surface area contributed by atoms with Crippen LogP contribution in [0.4, 0.5) is 0 Å². The third-order valence-corrected chi connectivity index (χ3v) is 2.91. The fourth-order valence-electron chi connectivity index (χ4n) is 1.86. The molecule has 0 bridgehead atoms. The molecular weight excluding hydrogens is 248 g/mol. The minimum atomic E-state index is 0.396. The number of aromatic nitrogens is 3. The van der Waals surface area contributed by atoms with Crippen LogP contribution in [0.15, 0.2) is 24.3 Å². The molecule has 0 amide bonds. The fourth-order valence-corrected chi connectivity index (χ4v) is 1.98. The molecule has 4 nitrogen and oxygen atoms in total. The molecule has 0 atom stereocenters. The highest BCUT2D eigenvalue weighted by atomic mass is 35.5. The van der Waals surface area contributed by atoms with Crippen molar-refractivity contribution in [2.75, 3.05) is 0 Å². The van der Waals surface area contributed by atoms with Crippen LogP contribution in [0.5, 0.6) is 0 Å². The van der Waals surface area contributed by atoms with Crippen molar-refractivity contribution in [1.29, 1.82) is 0 Å². The standard InChI is InChI=1S/C13H17ClN4/c1-9(2)8-18-12(7-15)16-17-13(18)10-3-5-11(14)6-4-10/h3-6,9H,7-8,15H2,1-2H3. The van der Waals surface area contributed by atoms with Crippen molar-refractivity contribution in [3.05, 3.63) is 35.1 Å². The second-order valence-corrected chi connectivity index (χ2v) is 5.09. The van der Waals surface area contributed by atoms with E-state index in [-0.39, 0.29) is 0 Å². The number of nitrogens with two attached hydrogens (primary N) is 1. The van der Waals surface area contributed by atoms with E-state index in [1.165, 1.54) is 0 Å². The lowest BCUT2D eigenvalue weighted by Crippen LogP contribution is -2.13. The van der Waals surface area contributed by atoms with Gasteiger partial charge in [-0.05, 0) is 30.2 Å². The van der Waals surface area contributed by atoms with Crippen LogP contribution in [-0.4, -0.2) is 14.8 Å². The monoisotopic (exact) mass is 264 g/mol. The third-order valence-electron chi connectivity index (χ3n) is 2.66. The highest BCUT2D eigenvalue weighted by Gasteiger charge is 2.13. The molecule has 0 fully saturated rings. The van der Waals surface area contributed by atoms with Crippen molar-refractivity contribution >= 4 is 11.6 Å². The maximum absolute atomic E-state index is 5.89. The highest BCUT2D eigenvalue weighted by Crippen LogP contribution is 2.21. The van der Waals surface area contributed by atoms with Gasteiger partial charge >= 0.3 is 0 Å². The molecule has 1 aromatic carbocycles. The average molecular weight is 265 g/mol. The number of rotatable bonds is 4.